The average Bonchev–Trinajstić information content (AvgIpc) is 2.65. The molecule has 0 fully saturated rings. The van der Waals surface area contributed by atoms with Crippen molar-refractivity contribution in [3.05, 3.63) is 29.8 Å². The molecule has 0 amide bonds. The van der Waals surface area contributed by atoms with Crippen LogP contribution in [0.25, 0.3) is 0 Å². The molecule has 4 heteroatoms. The van der Waals surface area contributed by atoms with E-state index in [4.69, 9.17) is 0 Å². The molecule has 0 radical (unpaired) electrons. The molecule has 0 bridgehead atoms. The summed E-state index contributed by atoms with van der Waals surface area (Å²) in [6, 6.07) is 5.84. The van der Waals surface area contributed by atoms with Crippen LogP contribution in [0, 0.1) is 0 Å². The van der Waals surface area contributed by atoms with Crippen LogP contribution in [0.1, 0.15) is 96.5 Å². The van der Waals surface area contributed by atoms with E-state index in [-0.39, 0.29) is 0 Å². The van der Waals surface area contributed by atoms with Gasteiger partial charge in [-0.3, -0.25) is 0 Å². The summed E-state index contributed by atoms with van der Waals surface area (Å²) < 4.78 is 39.2. The standard InChI is InChI=1S/C23H38F3N/c1-3-5-7-9-11-13-18-27(19-14-12-10-8-6-4-2)22-17-15-16-21(20-22)23(24,25)26/h15-17,20H,3-14,18-19H2,1-2H3. The zero-order valence-corrected chi connectivity index (χ0v) is 17.3. The monoisotopic (exact) mass is 385 g/mol. The van der Waals surface area contributed by atoms with E-state index in [1.165, 1.54) is 63.5 Å². The smallest absolute Gasteiger partial charge is 0.372 e. The molecule has 0 heterocycles. The third-order valence-corrected chi connectivity index (χ3v) is 5.10. The lowest BCUT2D eigenvalue weighted by Crippen LogP contribution is -2.26. The molecule has 1 aromatic carbocycles. The van der Waals surface area contributed by atoms with Crippen molar-refractivity contribution in [2.75, 3.05) is 18.0 Å². The van der Waals surface area contributed by atoms with E-state index in [1.54, 1.807) is 0 Å². The van der Waals surface area contributed by atoms with Gasteiger partial charge >= 0.3 is 6.18 Å². The molecule has 0 spiro atoms. The first-order chi connectivity index (χ1) is 13.0. The zero-order valence-electron chi connectivity index (χ0n) is 17.3. The lowest BCUT2D eigenvalue weighted by atomic mass is 10.1. The van der Waals surface area contributed by atoms with Crippen LogP contribution in [0.2, 0.25) is 0 Å². The van der Waals surface area contributed by atoms with Crippen molar-refractivity contribution in [3.63, 3.8) is 0 Å². The predicted octanol–water partition coefficient (Wildman–Crippen LogP) is 8.23. The van der Waals surface area contributed by atoms with Crippen LogP contribution in [0.4, 0.5) is 18.9 Å². The van der Waals surface area contributed by atoms with Crippen molar-refractivity contribution in [2.45, 2.75) is 97.1 Å². The number of rotatable bonds is 15. The van der Waals surface area contributed by atoms with Gasteiger partial charge in [0.15, 0.2) is 0 Å². The molecule has 1 rings (SSSR count). The van der Waals surface area contributed by atoms with Gasteiger partial charge in [0, 0.05) is 18.8 Å². The van der Waals surface area contributed by atoms with Gasteiger partial charge in [0.05, 0.1) is 5.56 Å². The number of hydrogen-bond donors (Lipinski definition) is 0. The number of benzene rings is 1. The Hall–Kier alpha value is -1.19. The van der Waals surface area contributed by atoms with Crippen molar-refractivity contribution < 1.29 is 13.2 Å². The molecule has 0 aliphatic rings. The van der Waals surface area contributed by atoms with Gasteiger partial charge in [-0.1, -0.05) is 84.1 Å². The lowest BCUT2D eigenvalue weighted by Gasteiger charge is -2.26. The Bertz CT molecular complexity index is 469. The van der Waals surface area contributed by atoms with Crippen LogP contribution >= 0.6 is 0 Å². The van der Waals surface area contributed by atoms with Gasteiger partial charge in [0.2, 0.25) is 0 Å². The second kappa shape index (κ2) is 13.9. The van der Waals surface area contributed by atoms with Crippen molar-refractivity contribution >= 4 is 5.69 Å². The van der Waals surface area contributed by atoms with Crippen molar-refractivity contribution in [2.24, 2.45) is 0 Å². The normalized spacial score (nSPS) is 11.7. The SMILES string of the molecule is CCCCCCCCN(CCCCCCCC)c1cccc(C(F)(F)F)c1. The topological polar surface area (TPSA) is 3.24 Å². The molecule has 1 nitrogen and oxygen atoms in total. The average molecular weight is 386 g/mol. The van der Waals surface area contributed by atoms with Gasteiger partial charge in [-0.05, 0) is 31.0 Å². The van der Waals surface area contributed by atoms with E-state index in [1.807, 2.05) is 6.07 Å². The molecule has 27 heavy (non-hydrogen) atoms. The van der Waals surface area contributed by atoms with Gasteiger partial charge < -0.3 is 4.90 Å². The van der Waals surface area contributed by atoms with E-state index in [0.29, 0.717) is 5.69 Å². The fourth-order valence-corrected chi connectivity index (χ4v) is 3.41. The Morgan fingerprint density at radius 2 is 1.19 bits per heavy atom. The zero-order chi connectivity index (χ0) is 20.0. The molecule has 0 saturated heterocycles. The number of unbranched alkanes of at least 4 members (excludes halogenated alkanes) is 10. The maximum atomic E-state index is 13.1. The Balaban J connectivity index is 2.58. The lowest BCUT2D eigenvalue weighted by molar-refractivity contribution is -0.137. The minimum absolute atomic E-state index is 0.545. The van der Waals surface area contributed by atoms with E-state index in [0.717, 1.165) is 44.8 Å². The predicted molar refractivity (Wildman–Crippen MR) is 110 cm³/mol. The summed E-state index contributed by atoms with van der Waals surface area (Å²) in [5, 5.41) is 0. The molecular weight excluding hydrogens is 347 g/mol. The molecule has 0 aliphatic heterocycles. The summed E-state index contributed by atoms with van der Waals surface area (Å²) >= 11 is 0. The Labute approximate surface area is 164 Å². The number of alkyl halides is 3. The van der Waals surface area contributed by atoms with E-state index in [2.05, 4.69) is 18.7 Å². The summed E-state index contributed by atoms with van der Waals surface area (Å²) in [5.74, 6) is 0. The fraction of sp³-hybridized carbons (Fsp3) is 0.739. The first kappa shape index (κ1) is 23.8. The second-order valence-electron chi connectivity index (χ2n) is 7.57. The highest BCUT2D eigenvalue weighted by molar-refractivity contribution is 5.49. The third-order valence-electron chi connectivity index (χ3n) is 5.10. The van der Waals surface area contributed by atoms with E-state index in [9.17, 15) is 13.2 Å². The number of anilines is 1. The minimum Gasteiger partial charge on any atom is -0.372 e. The van der Waals surface area contributed by atoms with Crippen molar-refractivity contribution in [1.82, 2.24) is 0 Å². The molecule has 0 unspecified atom stereocenters. The first-order valence-electron chi connectivity index (χ1n) is 10.9. The number of halogens is 3. The summed E-state index contributed by atoms with van der Waals surface area (Å²) in [6.07, 6.45) is 10.1. The Morgan fingerprint density at radius 1 is 0.704 bits per heavy atom. The largest absolute Gasteiger partial charge is 0.416 e. The molecule has 0 aliphatic carbocycles. The Kier molecular flexibility index (Phi) is 12.3. The summed E-state index contributed by atoms with van der Waals surface area (Å²) in [7, 11) is 0. The minimum atomic E-state index is -4.28. The van der Waals surface area contributed by atoms with Gasteiger partial charge in [0.1, 0.15) is 0 Å². The van der Waals surface area contributed by atoms with Crippen LogP contribution in [0.3, 0.4) is 0 Å². The number of nitrogens with zero attached hydrogens (tertiary/aromatic N) is 1. The maximum absolute atomic E-state index is 13.1. The molecule has 0 N–H and O–H groups in total. The maximum Gasteiger partial charge on any atom is 0.416 e. The molecule has 1 aromatic rings. The summed E-state index contributed by atoms with van der Waals surface area (Å²) in [5.41, 5.74) is 0.169. The van der Waals surface area contributed by atoms with E-state index >= 15 is 0 Å². The van der Waals surface area contributed by atoms with Crippen LogP contribution < -0.4 is 4.90 Å². The third kappa shape index (κ3) is 10.7. The van der Waals surface area contributed by atoms with Crippen LogP contribution in [0.15, 0.2) is 24.3 Å². The molecule has 0 aromatic heterocycles. The molecular formula is C23H38F3N. The first-order valence-corrected chi connectivity index (χ1v) is 10.9. The highest BCUT2D eigenvalue weighted by atomic mass is 19.4. The Morgan fingerprint density at radius 3 is 1.67 bits per heavy atom. The molecule has 156 valence electrons. The summed E-state index contributed by atoms with van der Waals surface area (Å²) in [6.45, 7) is 6.11. The van der Waals surface area contributed by atoms with Gasteiger partial charge in [-0.25, -0.2) is 0 Å². The van der Waals surface area contributed by atoms with E-state index < -0.39 is 11.7 Å². The van der Waals surface area contributed by atoms with Crippen molar-refractivity contribution in [3.8, 4) is 0 Å². The van der Waals surface area contributed by atoms with Crippen LogP contribution in [-0.4, -0.2) is 13.1 Å². The van der Waals surface area contributed by atoms with Gasteiger partial charge in [0.25, 0.3) is 0 Å². The highest BCUT2D eigenvalue weighted by Crippen LogP contribution is 2.32. The quantitative estimate of drug-likeness (QED) is 0.275. The molecule has 0 saturated carbocycles. The summed E-state index contributed by atoms with van der Waals surface area (Å²) in [4.78, 5) is 2.16. The van der Waals surface area contributed by atoms with Gasteiger partial charge in [-0.2, -0.15) is 13.2 Å². The van der Waals surface area contributed by atoms with Crippen LogP contribution in [0.5, 0.6) is 0 Å². The van der Waals surface area contributed by atoms with Crippen molar-refractivity contribution in [1.29, 1.82) is 0 Å². The second-order valence-corrected chi connectivity index (χ2v) is 7.57. The number of hydrogen-bond acceptors (Lipinski definition) is 1. The molecule has 0 atom stereocenters. The highest BCUT2D eigenvalue weighted by Gasteiger charge is 2.30. The van der Waals surface area contributed by atoms with Gasteiger partial charge in [-0.15, -0.1) is 0 Å². The fourth-order valence-electron chi connectivity index (χ4n) is 3.41. The van der Waals surface area contributed by atoms with Crippen LogP contribution in [-0.2, 0) is 6.18 Å².